The van der Waals surface area contributed by atoms with Gasteiger partial charge in [-0.25, -0.2) is 0 Å². The van der Waals surface area contributed by atoms with Gasteiger partial charge in [0.2, 0.25) is 5.91 Å². The number of hydrogen-bond acceptors (Lipinski definition) is 3. The van der Waals surface area contributed by atoms with Crippen molar-refractivity contribution in [2.24, 2.45) is 5.92 Å². The molecule has 1 heterocycles. The molecule has 2 aromatic rings. The molecule has 1 fully saturated rings. The van der Waals surface area contributed by atoms with E-state index in [1.54, 1.807) is 24.3 Å². The Kier molecular flexibility index (Phi) is 6.99. The Morgan fingerprint density at radius 2 is 1.81 bits per heavy atom. The summed E-state index contributed by atoms with van der Waals surface area (Å²) in [5.41, 5.74) is 2.52. The average Bonchev–Trinajstić information content (AvgIpc) is 3.21. The van der Waals surface area contributed by atoms with Crippen LogP contribution in [0.2, 0.25) is 0 Å². The molecule has 2 amide bonds. The molecule has 27 heavy (non-hydrogen) atoms. The Bertz CT molecular complexity index is 738. The van der Waals surface area contributed by atoms with Gasteiger partial charge in [-0.05, 0) is 68.1 Å². The second-order valence-electron chi connectivity index (χ2n) is 7.01. The van der Waals surface area contributed by atoms with E-state index in [0.717, 1.165) is 38.0 Å². The zero-order valence-electron chi connectivity index (χ0n) is 15.5. The third-order valence-electron chi connectivity index (χ3n) is 4.91. The summed E-state index contributed by atoms with van der Waals surface area (Å²) in [6, 6.07) is 17.1. The largest absolute Gasteiger partial charge is 0.352 e. The summed E-state index contributed by atoms with van der Waals surface area (Å²) in [7, 11) is 0. The highest BCUT2D eigenvalue weighted by atomic mass is 16.2. The van der Waals surface area contributed by atoms with Gasteiger partial charge in [0.25, 0.3) is 5.91 Å². The van der Waals surface area contributed by atoms with Gasteiger partial charge in [0.05, 0.1) is 0 Å². The topological polar surface area (TPSA) is 70.2 Å². The quantitative estimate of drug-likeness (QED) is 0.673. The lowest BCUT2D eigenvalue weighted by Crippen LogP contribution is -2.25. The number of benzene rings is 2. The first-order chi connectivity index (χ1) is 13.2. The van der Waals surface area contributed by atoms with Crippen molar-refractivity contribution in [1.29, 1.82) is 0 Å². The molecular formula is C22H27N3O2. The van der Waals surface area contributed by atoms with Gasteiger partial charge in [-0.2, -0.15) is 0 Å². The standard InChI is InChI=1S/C22H27N3O2/c26-21(11-6-18-12-14-23-16-18)25-20-9-7-19(8-10-20)22(27)24-15-13-17-4-2-1-3-5-17/h1-5,7-10,18,23H,6,11-16H2,(H,24,27)(H,25,26). The van der Waals surface area contributed by atoms with Gasteiger partial charge in [-0.15, -0.1) is 0 Å². The lowest BCUT2D eigenvalue weighted by Gasteiger charge is -2.09. The number of nitrogens with one attached hydrogen (secondary N) is 3. The van der Waals surface area contributed by atoms with Gasteiger partial charge in [-0.3, -0.25) is 9.59 Å². The van der Waals surface area contributed by atoms with E-state index in [2.05, 4.69) is 16.0 Å². The number of carbonyl (C=O) groups is 2. The molecule has 2 aromatic carbocycles. The van der Waals surface area contributed by atoms with E-state index in [1.165, 1.54) is 5.56 Å². The van der Waals surface area contributed by atoms with Crippen LogP contribution >= 0.6 is 0 Å². The molecule has 0 saturated carbocycles. The Morgan fingerprint density at radius 3 is 2.52 bits per heavy atom. The van der Waals surface area contributed by atoms with Gasteiger partial charge < -0.3 is 16.0 Å². The highest BCUT2D eigenvalue weighted by molar-refractivity contribution is 5.95. The predicted molar refractivity (Wildman–Crippen MR) is 108 cm³/mol. The van der Waals surface area contributed by atoms with E-state index in [4.69, 9.17) is 0 Å². The third kappa shape index (κ3) is 6.22. The fourth-order valence-electron chi connectivity index (χ4n) is 3.29. The van der Waals surface area contributed by atoms with Gasteiger partial charge in [0.1, 0.15) is 0 Å². The van der Waals surface area contributed by atoms with Crippen molar-refractivity contribution < 1.29 is 9.59 Å². The smallest absolute Gasteiger partial charge is 0.251 e. The van der Waals surface area contributed by atoms with Crippen molar-refractivity contribution >= 4 is 17.5 Å². The Morgan fingerprint density at radius 1 is 1.04 bits per heavy atom. The minimum atomic E-state index is -0.0995. The van der Waals surface area contributed by atoms with Gasteiger partial charge >= 0.3 is 0 Å². The van der Waals surface area contributed by atoms with Crippen molar-refractivity contribution in [1.82, 2.24) is 10.6 Å². The minimum Gasteiger partial charge on any atom is -0.352 e. The first-order valence-corrected chi connectivity index (χ1v) is 9.63. The monoisotopic (exact) mass is 365 g/mol. The van der Waals surface area contributed by atoms with E-state index < -0.39 is 0 Å². The molecule has 5 nitrogen and oxygen atoms in total. The summed E-state index contributed by atoms with van der Waals surface area (Å²) >= 11 is 0. The van der Waals surface area contributed by atoms with E-state index >= 15 is 0 Å². The van der Waals surface area contributed by atoms with Crippen LogP contribution in [-0.2, 0) is 11.2 Å². The molecule has 1 atom stereocenters. The minimum absolute atomic E-state index is 0.0296. The van der Waals surface area contributed by atoms with Crippen LogP contribution in [0.4, 0.5) is 5.69 Å². The SMILES string of the molecule is O=C(CCC1CCNC1)Nc1ccc(C(=O)NCCc2ccccc2)cc1. The summed E-state index contributed by atoms with van der Waals surface area (Å²) in [6.07, 6.45) is 3.41. The van der Waals surface area contributed by atoms with E-state index in [0.29, 0.717) is 24.4 Å². The summed E-state index contributed by atoms with van der Waals surface area (Å²) in [5.74, 6) is 0.539. The highest BCUT2D eigenvalue weighted by Crippen LogP contribution is 2.16. The van der Waals surface area contributed by atoms with Crippen LogP contribution < -0.4 is 16.0 Å². The van der Waals surface area contributed by atoms with Crippen molar-refractivity contribution in [3.05, 3.63) is 65.7 Å². The Balaban J connectivity index is 1.40. The molecule has 1 saturated heterocycles. The lowest BCUT2D eigenvalue weighted by atomic mass is 10.0. The van der Waals surface area contributed by atoms with Crippen molar-refractivity contribution in [2.45, 2.75) is 25.7 Å². The van der Waals surface area contributed by atoms with Crippen LogP contribution in [0.3, 0.4) is 0 Å². The molecule has 0 aromatic heterocycles. The molecule has 1 aliphatic heterocycles. The maximum absolute atomic E-state index is 12.2. The zero-order valence-corrected chi connectivity index (χ0v) is 15.5. The zero-order chi connectivity index (χ0) is 18.9. The number of rotatable bonds is 8. The van der Waals surface area contributed by atoms with Crippen LogP contribution in [0, 0.1) is 5.92 Å². The van der Waals surface area contributed by atoms with Gasteiger partial charge in [0.15, 0.2) is 0 Å². The summed E-state index contributed by atoms with van der Waals surface area (Å²) < 4.78 is 0. The van der Waals surface area contributed by atoms with E-state index in [9.17, 15) is 9.59 Å². The first-order valence-electron chi connectivity index (χ1n) is 9.63. The number of carbonyl (C=O) groups excluding carboxylic acids is 2. The fraction of sp³-hybridized carbons (Fsp3) is 0.364. The molecular weight excluding hydrogens is 338 g/mol. The summed E-state index contributed by atoms with van der Waals surface area (Å²) in [5, 5.41) is 9.15. The molecule has 3 rings (SSSR count). The van der Waals surface area contributed by atoms with Crippen molar-refractivity contribution in [2.75, 3.05) is 25.0 Å². The van der Waals surface area contributed by atoms with E-state index in [1.807, 2.05) is 30.3 Å². The predicted octanol–water partition coefficient (Wildman–Crippen LogP) is 2.99. The van der Waals surface area contributed by atoms with Gasteiger partial charge in [-0.1, -0.05) is 30.3 Å². The fourth-order valence-corrected chi connectivity index (χ4v) is 3.29. The maximum atomic E-state index is 12.2. The molecule has 3 N–H and O–H groups in total. The second-order valence-corrected chi connectivity index (χ2v) is 7.01. The molecule has 0 radical (unpaired) electrons. The Labute approximate surface area is 160 Å². The molecule has 1 aliphatic rings. The number of anilines is 1. The normalized spacial score (nSPS) is 16.1. The average molecular weight is 365 g/mol. The summed E-state index contributed by atoms with van der Waals surface area (Å²) in [6.45, 7) is 2.67. The Hall–Kier alpha value is -2.66. The van der Waals surface area contributed by atoms with Crippen molar-refractivity contribution in [3.8, 4) is 0 Å². The van der Waals surface area contributed by atoms with Crippen LogP contribution in [-0.4, -0.2) is 31.4 Å². The van der Waals surface area contributed by atoms with Crippen LogP contribution in [0.5, 0.6) is 0 Å². The molecule has 5 heteroatoms. The van der Waals surface area contributed by atoms with Crippen LogP contribution in [0.1, 0.15) is 35.2 Å². The molecule has 0 aliphatic carbocycles. The van der Waals surface area contributed by atoms with E-state index in [-0.39, 0.29) is 11.8 Å². The molecule has 1 unspecified atom stereocenters. The number of hydrogen-bond donors (Lipinski definition) is 3. The third-order valence-corrected chi connectivity index (χ3v) is 4.91. The molecule has 0 spiro atoms. The number of amides is 2. The first kappa shape index (κ1) is 19.1. The second kappa shape index (κ2) is 9.88. The maximum Gasteiger partial charge on any atom is 0.251 e. The highest BCUT2D eigenvalue weighted by Gasteiger charge is 2.15. The lowest BCUT2D eigenvalue weighted by molar-refractivity contribution is -0.116. The molecule has 142 valence electrons. The summed E-state index contributed by atoms with van der Waals surface area (Å²) in [4.78, 5) is 24.3. The van der Waals surface area contributed by atoms with Crippen molar-refractivity contribution in [3.63, 3.8) is 0 Å². The van der Waals surface area contributed by atoms with Crippen LogP contribution in [0.25, 0.3) is 0 Å². The van der Waals surface area contributed by atoms with Crippen LogP contribution in [0.15, 0.2) is 54.6 Å². The van der Waals surface area contributed by atoms with Gasteiger partial charge in [0, 0.05) is 24.2 Å². The molecule has 0 bridgehead atoms.